The van der Waals surface area contributed by atoms with Crippen LogP contribution in [0.4, 0.5) is 30.8 Å². The Balaban J connectivity index is 0.000000426. The highest BCUT2D eigenvalue weighted by molar-refractivity contribution is 5.73. The highest BCUT2D eigenvalue weighted by atomic mass is 19.4. The third kappa shape index (κ3) is 7.35. The van der Waals surface area contributed by atoms with Crippen molar-refractivity contribution < 1.29 is 33.0 Å². The highest BCUT2D eigenvalue weighted by Crippen LogP contribution is 2.40. The van der Waals surface area contributed by atoms with Gasteiger partial charge in [-0.05, 0) is 38.0 Å². The van der Waals surface area contributed by atoms with Crippen molar-refractivity contribution in [2.24, 2.45) is 17.8 Å². The summed E-state index contributed by atoms with van der Waals surface area (Å²) < 4.78 is 31.7. The maximum Gasteiger partial charge on any atom is 0.490 e. The molecule has 2 aromatic rings. The topological polar surface area (TPSA) is 144 Å². The smallest absolute Gasteiger partial charge is 0.481 e. The number of alkyl halides is 3. The lowest BCUT2D eigenvalue weighted by Crippen LogP contribution is -2.46. The standard InChI is InChI=1S/C23H32N6O2.C2HF3O2/c1-14-9-20(25-21-11-19(27-28-21)16-7-8-16)26-23(24-14)29-12-17(10-18(13-29)22(30)31)15-5-3-2-4-6-15;3-2(4,5)1(6)7/h9,11,15-18H,2-8,10,12-13H2,1H3,(H,30,31)(H2,24,25,26,27,28);(H,6,7). The number of H-pyrrole nitrogens is 1. The molecule has 2 atom stereocenters. The number of carboxylic acid groups (broad SMARTS) is 2. The van der Waals surface area contributed by atoms with Crippen LogP contribution in [0.25, 0.3) is 0 Å². The minimum atomic E-state index is -5.08. The molecular weight excluding hydrogens is 505 g/mol. The molecule has 2 aliphatic carbocycles. The predicted molar refractivity (Wildman–Crippen MR) is 132 cm³/mol. The van der Waals surface area contributed by atoms with Gasteiger partial charge in [0.25, 0.3) is 0 Å². The first kappa shape index (κ1) is 27.6. The van der Waals surface area contributed by atoms with E-state index in [-0.39, 0.29) is 5.92 Å². The number of piperidine rings is 1. The molecule has 0 spiro atoms. The van der Waals surface area contributed by atoms with Crippen LogP contribution in [-0.4, -0.2) is 61.6 Å². The van der Waals surface area contributed by atoms with Gasteiger partial charge >= 0.3 is 18.1 Å². The third-order valence-electron chi connectivity index (χ3n) is 7.37. The van der Waals surface area contributed by atoms with Gasteiger partial charge in [-0.15, -0.1) is 0 Å². The van der Waals surface area contributed by atoms with Crippen molar-refractivity contribution in [3.8, 4) is 0 Å². The summed E-state index contributed by atoms with van der Waals surface area (Å²) in [4.78, 5) is 32.3. The molecule has 208 valence electrons. The molecule has 1 aliphatic heterocycles. The lowest BCUT2D eigenvalue weighted by molar-refractivity contribution is -0.192. The number of anilines is 3. The number of nitrogens with zero attached hydrogens (tertiary/aromatic N) is 4. The average Bonchev–Trinajstić information content (AvgIpc) is 3.62. The lowest BCUT2D eigenvalue weighted by atomic mass is 9.74. The van der Waals surface area contributed by atoms with Crippen molar-refractivity contribution in [2.75, 3.05) is 23.3 Å². The van der Waals surface area contributed by atoms with Crippen LogP contribution in [0.2, 0.25) is 0 Å². The normalized spacial score (nSPS) is 22.4. The molecule has 0 aromatic carbocycles. The molecule has 3 aliphatic rings. The summed E-state index contributed by atoms with van der Waals surface area (Å²) in [7, 11) is 0. The van der Waals surface area contributed by atoms with Crippen LogP contribution in [0, 0.1) is 24.7 Å². The van der Waals surface area contributed by atoms with Gasteiger partial charge < -0.3 is 20.4 Å². The minimum absolute atomic E-state index is 0.366. The zero-order chi connectivity index (χ0) is 27.4. The molecule has 13 heteroatoms. The number of carbonyl (C=O) groups is 2. The molecule has 3 heterocycles. The maximum absolute atomic E-state index is 11.9. The lowest BCUT2D eigenvalue weighted by Gasteiger charge is -2.41. The summed E-state index contributed by atoms with van der Waals surface area (Å²) >= 11 is 0. The molecule has 2 saturated carbocycles. The summed E-state index contributed by atoms with van der Waals surface area (Å²) in [6.45, 7) is 3.26. The van der Waals surface area contributed by atoms with Crippen LogP contribution in [-0.2, 0) is 9.59 Å². The highest BCUT2D eigenvalue weighted by Gasteiger charge is 2.38. The van der Waals surface area contributed by atoms with Crippen LogP contribution in [0.5, 0.6) is 0 Å². The molecule has 38 heavy (non-hydrogen) atoms. The van der Waals surface area contributed by atoms with Crippen LogP contribution >= 0.6 is 0 Å². The second-order valence-corrected chi connectivity index (χ2v) is 10.4. The molecular formula is C25H33F3N6O4. The molecule has 10 nitrogen and oxygen atoms in total. The quantitative estimate of drug-likeness (QED) is 0.405. The third-order valence-corrected chi connectivity index (χ3v) is 7.37. The van der Waals surface area contributed by atoms with Crippen molar-refractivity contribution in [1.82, 2.24) is 20.2 Å². The number of nitrogens with one attached hydrogen (secondary N) is 2. The van der Waals surface area contributed by atoms with Gasteiger partial charge in [0.2, 0.25) is 5.95 Å². The Bertz CT molecular complexity index is 1130. The minimum Gasteiger partial charge on any atom is -0.481 e. The van der Waals surface area contributed by atoms with E-state index >= 15 is 0 Å². The maximum atomic E-state index is 11.9. The van der Waals surface area contributed by atoms with Gasteiger partial charge in [-0.2, -0.15) is 23.3 Å². The van der Waals surface area contributed by atoms with E-state index in [9.17, 15) is 23.1 Å². The van der Waals surface area contributed by atoms with Gasteiger partial charge in [0.05, 0.1) is 11.6 Å². The van der Waals surface area contributed by atoms with Gasteiger partial charge in [0.15, 0.2) is 0 Å². The number of hydrogen-bond acceptors (Lipinski definition) is 7. The summed E-state index contributed by atoms with van der Waals surface area (Å²) in [5.41, 5.74) is 1.96. The van der Waals surface area contributed by atoms with Crippen molar-refractivity contribution in [3.63, 3.8) is 0 Å². The molecule has 0 bridgehead atoms. The summed E-state index contributed by atoms with van der Waals surface area (Å²) in [6.07, 6.45) is 4.38. The van der Waals surface area contributed by atoms with Gasteiger partial charge in [-0.25, -0.2) is 9.78 Å². The van der Waals surface area contributed by atoms with E-state index in [2.05, 4.69) is 31.5 Å². The Hall–Kier alpha value is -3.38. The Morgan fingerprint density at radius 2 is 1.71 bits per heavy atom. The zero-order valence-corrected chi connectivity index (χ0v) is 21.2. The van der Waals surface area contributed by atoms with Crippen LogP contribution in [0.3, 0.4) is 0 Å². The Morgan fingerprint density at radius 1 is 1.03 bits per heavy atom. The first-order chi connectivity index (χ1) is 18.0. The Labute approximate surface area is 218 Å². The fourth-order valence-electron chi connectivity index (χ4n) is 5.31. The number of aromatic amines is 1. The number of aliphatic carboxylic acids is 2. The molecule has 0 amide bonds. The fourth-order valence-corrected chi connectivity index (χ4v) is 5.31. The largest absolute Gasteiger partial charge is 0.490 e. The number of carboxylic acids is 2. The number of halogens is 3. The SMILES string of the molecule is Cc1cc(Nc2cc(C3CC3)n[nH]2)nc(N2CC(C(=O)O)CC(C3CCCCC3)C2)n1.O=C(O)C(F)(F)F. The molecule has 3 fully saturated rings. The number of hydrogen-bond donors (Lipinski definition) is 4. The summed E-state index contributed by atoms with van der Waals surface area (Å²) in [5, 5.41) is 27.7. The first-order valence-electron chi connectivity index (χ1n) is 13.0. The second kappa shape index (κ2) is 11.6. The summed E-state index contributed by atoms with van der Waals surface area (Å²) in [6, 6.07) is 3.97. The molecule has 4 N–H and O–H groups in total. The van der Waals surface area contributed by atoms with Crippen LogP contribution in [0.1, 0.15) is 68.7 Å². The molecule has 5 rings (SSSR count). The average molecular weight is 539 g/mol. The Morgan fingerprint density at radius 3 is 2.32 bits per heavy atom. The fraction of sp³-hybridized carbons (Fsp3) is 0.640. The van der Waals surface area contributed by atoms with Crippen molar-refractivity contribution in [3.05, 3.63) is 23.5 Å². The van der Waals surface area contributed by atoms with E-state index in [1.54, 1.807) is 0 Å². The second-order valence-electron chi connectivity index (χ2n) is 10.4. The van der Waals surface area contributed by atoms with E-state index in [0.29, 0.717) is 36.1 Å². The van der Waals surface area contributed by atoms with Crippen LogP contribution < -0.4 is 10.2 Å². The first-order valence-corrected chi connectivity index (χ1v) is 13.0. The zero-order valence-electron chi connectivity index (χ0n) is 21.2. The Kier molecular flexibility index (Phi) is 8.41. The molecule has 2 aromatic heterocycles. The number of rotatable bonds is 6. The molecule has 0 radical (unpaired) electrons. The van der Waals surface area contributed by atoms with Gasteiger partial charge in [0, 0.05) is 36.8 Å². The van der Waals surface area contributed by atoms with Crippen LogP contribution in [0.15, 0.2) is 12.1 Å². The van der Waals surface area contributed by atoms with E-state index in [0.717, 1.165) is 30.2 Å². The van der Waals surface area contributed by atoms with Crippen molar-refractivity contribution in [2.45, 2.75) is 70.4 Å². The van der Waals surface area contributed by atoms with Crippen molar-refractivity contribution in [1.29, 1.82) is 0 Å². The van der Waals surface area contributed by atoms with Gasteiger partial charge in [0.1, 0.15) is 11.6 Å². The predicted octanol–water partition coefficient (Wildman–Crippen LogP) is 4.87. The monoisotopic (exact) mass is 538 g/mol. The molecule has 2 unspecified atom stereocenters. The van der Waals surface area contributed by atoms with Crippen molar-refractivity contribution >= 4 is 29.5 Å². The number of aromatic nitrogens is 4. The van der Waals surface area contributed by atoms with Gasteiger partial charge in [-0.3, -0.25) is 9.89 Å². The van der Waals surface area contributed by atoms with Gasteiger partial charge in [-0.1, -0.05) is 32.1 Å². The van der Waals surface area contributed by atoms with E-state index < -0.39 is 18.1 Å². The van der Waals surface area contributed by atoms with E-state index in [1.165, 1.54) is 44.9 Å². The van der Waals surface area contributed by atoms with E-state index in [1.807, 2.05) is 13.0 Å². The summed E-state index contributed by atoms with van der Waals surface area (Å²) in [5.74, 6) is -0.0723. The molecule has 1 saturated heterocycles. The number of aryl methyl sites for hydroxylation is 1. The van der Waals surface area contributed by atoms with E-state index in [4.69, 9.17) is 14.9 Å².